The fourth-order valence-electron chi connectivity index (χ4n) is 1.83. The Hall–Kier alpha value is -1.11. The molecule has 0 saturated heterocycles. The fourth-order valence-corrected chi connectivity index (χ4v) is 1.83. The first-order valence-corrected chi connectivity index (χ1v) is 4.79. The summed E-state index contributed by atoms with van der Waals surface area (Å²) < 4.78 is 0. The molecule has 1 aromatic carbocycles. The summed E-state index contributed by atoms with van der Waals surface area (Å²) in [6.07, 6.45) is 5.32. The highest BCUT2D eigenvalue weighted by atomic mass is 16.1. The molecule has 0 aromatic heterocycles. The Morgan fingerprint density at radius 2 is 2.00 bits per heavy atom. The van der Waals surface area contributed by atoms with Crippen LogP contribution in [0, 0.1) is 12.3 Å². The molecule has 1 radical (unpaired) electrons. The van der Waals surface area contributed by atoms with Crippen LogP contribution >= 0.6 is 0 Å². The van der Waals surface area contributed by atoms with Crippen molar-refractivity contribution in [1.82, 2.24) is 0 Å². The standard InChI is InChI=1S/C12H13O/c13-12(11-8-4-5-9-11)10-6-2-1-3-7-10/h1-4,6-7,11H,5,8-9H2. The first-order chi connectivity index (χ1) is 6.38. The molecule has 0 spiro atoms. The average Bonchev–Trinajstić information content (AvgIpc) is 2.71. The van der Waals surface area contributed by atoms with Crippen LogP contribution in [0.3, 0.4) is 0 Å². The molecular weight excluding hydrogens is 160 g/mol. The Bertz CT molecular complexity index is 283. The summed E-state index contributed by atoms with van der Waals surface area (Å²) in [4.78, 5) is 11.8. The Morgan fingerprint density at radius 3 is 2.62 bits per heavy atom. The van der Waals surface area contributed by atoms with Gasteiger partial charge in [0.25, 0.3) is 0 Å². The van der Waals surface area contributed by atoms with Crippen molar-refractivity contribution in [3.05, 3.63) is 42.3 Å². The summed E-state index contributed by atoms with van der Waals surface area (Å²) in [6, 6.07) is 9.59. The van der Waals surface area contributed by atoms with E-state index < -0.39 is 0 Å². The smallest absolute Gasteiger partial charge is 0.165 e. The van der Waals surface area contributed by atoms with Crippen LogP contribution in [0.1, 0.15) is 29.6 Å². The highest BCUT2D eigenvalue weighted by molar-refractivity contribution is 5.98. The molecule has 1 heteroatoms. The van der Waals surface area contributed by atoms with Gasteiger partial charge in [-0.25, -0.2) is 0 Å². The molecule has 13 heavy (non-hydrogen) atoms. The molecule has 2 rings (SSSR count). The Kier molecular flexibility index (Phi) is 2.44. The molecule has 0 heterocycles. The van der Waals surface area contributed by atoms with Gasteiger partial charge in [0.05, 0.1) is 0 Å². The lowest BCUT2D eigenvalue weighted by atomic mass is 9.96. The average molecular weight is 173 g/mol. The van der Waals surface area contributed by atoms with Gasteiger partial charge in [0.1, 0.15) is 0 Å². The zero-order valence-corrected chi connectivity index (χ0v) is 7.57. The molecule has 1 nitrogen and oxygen atoms in total. The van der Waals surface area contributed by atoms with Crippen molar-refractivity contribution in [3.8, 4) is 0 Å². The second kappa shape index (κ2) is 3.73. The van der Waals surface area contributed by atoms with Gasteiger partial charge in [-0.3, -0.25) is 4.79 Å². The molecule has 0 aliphatic heterocycles. The van der Waals surface area contributed by atoms with Gasteiger partial charge in [-0.05, 0) is 25.7 Å². The van der Waals surface area contributed by atoms with E-state index in [1.165, 1.54) is 0 Å². The normalized spacial score (nSPS) is 17.5. The van der Waals surface area contributed by atoms with E-state index in [2.05, 4.69) is 6.42 Å². The predicted octanol–water partition coefficient (Wildman–Crippen LogP) is 2.87. The summed E-state index contributed by atoms with van der Waals surface area (Å²) in [5.74, 6) is 0.566. The maximum absolute atomic E-state index is 11.8. The van der Waals surface area contributed by atoms with E-state index in [-0.39, 0.29) is 5.92 Å². The number of carbonyl (C=O) groups is 1. The molecule has 1 atom stereocenters. The van der Waals surface area contributed by atoms with Gasteiger partial charge in [0.2, 0.25) is 0 Å². The van der Waals surface area contributed by atoms with Gasteiger partial charge < -0.3 is 0 Å². The van der Waals surface area contributed by atoms with Crippen LogP contribution in [-0.2, 0) is 0 Å². The number of ketones is 1. The van der Waals surface area contributed by atoms with Crippen LogP contribution < -0.4 is 0 Å². The molecule has 1 unspecified atom stereocenters. The quantitative estimate of drug-likeness (QED) is 0.628. The third kappa shape index (κ3) is 1.80. The number of hydrogen-bond acceptors (Lipinski definition) is 1. The van der Waals surface area contributed by atoms with E-state index in [0.29, 0.717) is 5.78 Å². The predicted molar refractivity (Wildman–Crippen MR) is 52.4 cm³/mol. The molecule has 1 fully saturated rings. The lowest BCUT2D eigenvalue weighted by Gasteiger charge is -2.06. The molecular formula is C12H13O. The van der Waals surface area contributed by atoms with Crippen LogP contribution in [-0.4, -0.2) is 5.78 Å². The maximum Gasteiger partial charge on any atom is 0.165 e. The number of hydrogen-bond donors (Lipinski definition) is 0. The highest BCUT2D eigenvalue weighted by Crippen LogP contribution is 2.26. The molecule has 0 bridgehead atoms. The van der Waals surface area contributed by atoms with Gasteiger partial charge in [-0.1, -0.05) is 30.3 Å². The molecule has 0 N–H and O–H groups in total. The first-order valence-electron chi connectivity index (χ1n) is 4.79. The van der Waals surface area contributed by atoms with E-state index >= 15 is 0 Å². The van der Waals surface area contributed by atoms with Crippen molar-refractivity contribution in [2.75, 3.05) is 0 Å². The molecule has 1 saturated carbocycles. The lowest BCUT2D eigenvalue weighted by Crippen LogP contribution is -2.10. The molecule has 0 amide bonds. The largest absolute Gasteiger partial charge is 0.294 e. The molecule has 1 aromatic rings. The van der Waals surface area contributed by atoms with Gasteiger partial charge in [0.15, 0.2) is 5.78 Å². The van der Waals surface area contributed by atoms with Gasteiger partial charge in [0, 0.05) is 11.5 Å². The van der Waals surface area contributed by atoms with Gasteiger partial charge >= 0.3 is 0 Å². The van der Waals surface area contributed by atoms with E-state index in [4.69, 9.17) is 0 Å². The monoisotopic (exact) mass is 173 g/mol. The molecule has 67 valence electrons. The number of Topliss-reactive ketones (excluding diaryl/α,β-unsaturated/α-hetero) is 1. The van der Waals surface area contributed by atoms with E-state index in [0.717, 1.165) is 24.8 Å². The Morgan fingerprint density at radius 1 is 1.23 bits per heavy atom. The summed E-state index contributed by atoms with van der Waals surface area (Å²) in [7, 11) is 0. The zero-order chi connectivity index (χ0) is 9.10. The van der Waals surface area contributed by atoms with Crippen molar-refractivity contribution >= 4 is 5.78 Å². The first kappa shape index (κ1) is 8.49. The van der Waals surface area contributed by atoms with Crippen molar-refractivity contribution in [2.24, 2.45) is 5.92 Å². The summed E-state index contributed by atoms with van der Waals surface area (Å²) in [5, 5.41) is 0. The number of rotatable bonds is 2. The third-order valence-electron chi connectivity index (χ3n) is 2.60. The van der Waals surface area contributed by atoms with Crippen LogP contribution in [0.2, 0.25) is 0 Å². The molecule has 1 aliphatic rings. The topological polar surface area (TPSA) is 17.1 Å². The highest BCUT2D eigenvalue weighted by Gasteiger charge is 2.23. The number of carbonyl (C=O) groups excluding carboxylic acids is 1. The fraction of sp³-hybridized carbons (Fsp3) is 0.333. The van der Waals surface area contributed by atoms with Crippen LogP contribution in [0.15, 0.2) is 30.3 Å². The van der Waals surface area contributed by atoms with Crippen molar-refractivity contribution in [3.63, 3.8) is 0 Å². The van der Waals surface area contributed by atoms with Crippen LogP contribution in [0.5, 0.6) is 0 Å². The third-order valence-corrected chi connectivity index (χ3v) is 2.60. The molecule has 1 aliphatic carbocycles. The minimum absolute atomic E-state index is 0.252. The maximum atomic E-state index is 11.8. The van der Waals surface area contributed by atoms with Crippen molar-refractivity contribution in [2.45, 2.75) is 19.3 Å². The van der Waals surface area contributed by atoms with Crippen LogP contribution in [0.25, 0.3) is 0 Å². The van der Waals surface area contributed by atoms with Gasteiger partial charge in [-0.2, -0.15) is 0 Å². The summed E-state index contributed by atoms with van der Waals surface area (Å²) >= 11 is 0. The zero-order valence-electron chi connectivity index (χ0n) is 7.57. The lowest BCUT2D eigenvalue weighted by molar-refractivity contribution is 0.0924. The van der Waals surface area contributed by atoms with Crippen LogP contribution in [0.4, 0.5) is 0 Å². The van der Waals surface area contributed by atoms with E-state index in [9.17, 15) is 4.79 Å². The SMILES string of the molecule is O=C(c1ccccc1)C1C[CH]CC1. The Balaban J connectivity index is 2.13. The van der Waals surface area contributed by atoms with Gasteiger partial charge in [-0.15, -0.1) is 0 Å². The summed E-state index contributed by atoms with van der Waals surface area (Å²) in [6.45, 7) is 0. The second-order valence-corrected chi connectivity index (χ2v) is 3.53. The minimum Gasteiger partial charge on any atom is -0.294 e. The second-order valence-electron chi connectivity index (χ2n) is 3.53. The van der Waals surface area contributed by atoms with E-state index in [1.54, 1.807) is 0 Å². The van der Waals surface area contributed by atoms with E-state index in [1.807, 2.05) is 30.3 Å². The van der Waals surface area contributed by atoms with Crippen molar-refractivity contribution < 1.29 is 4.79 Å². The Labute approximate surface area is 78.8 Å². The number of benzene rings is 1. The summed E-state index contributed by atoms with van der Waals surface area (Å²) in [5.41, 5.74) is 0.864. The van der Waals surface area contributed by atoms with Crippen molar-refractivity contribution in [1.29, 1.82) is 0 Å². The minimum atomic E-state index is 0.252.